The Balaban J connectivity index is 1.47. The number of thiol groups is 2. The number of fused-ring (bicyclic) bond motifs is 2. The highest BCUT2D eigenvalue weighted by Gasteiger charge is 2.17. The van der Waals surface area contributed by atoms with Crippen LogP contribution in [0.3, 0.4) is 0 Å². The SMILES string of the molecule is C1=C[SH](c2ccc([SH]3C=Cc4ccccc43)cc2)c2ccccc21. The summed E-state index contributed by atoms with van der Waals surface area (Å²) in [5, 5.41) is 4.76. The summed E-state index contributed by atoms with van der Waals surface area (Å²) in [5.74, 6) is 0. The number of hydrogen-bond donors (Lipinski definition) is 2. The number of hydrogen-bond acceptors (Lipinski definition) is 0. The van der Waals surface area contributed by atoms with Crippen molar-refractivity contribution < 1.29 is 0 Å². The molecule has 0 amide bonds. The number of benzene rings is 3. The van der Waals surface area contributed by atoms with Gasteiger partial charge in [0.15, 0.2) is 0 Å². The lowest BCUT2D eigenvalue weighted by atomic mass is 10.2. The highest BCUT2D eigenvalue weighted by Crippen LogP contribution is 2.55. The first kappa shape index (κ1) is 14.2. The average molecular weight is 347 g/mol. The van der Waals surface area contributed by atoms with Crippen LogP contribution in [0, 0.1) is 0 Å². The van der Waals surface area contributed by atoms with E-state index in [2.05, 4.69) is 95.8 Å². The van der Waals surface area contributed by atoms with Crippen molar-refractivity contribution >= 4 is 33.9 Å². The summed E-state index contributed by atoms with van der Waals surface area (Å²) in [6.07, 6.45) is 4.55. The molecular formula is C22H18S2. The summed E-state index contributed by atoms with van der Waals surface area (Å²) >= 11 is 0. The molecule has 3 aromatic rings. The maximum absolute atomic E-state index is 2.38. The highest BCUT2D eigenvalue weighted by atomic mass is 32.2. The van der Waals surface area contributed by atoms with Crippen LogP contribution in [0.2, 0.25) is 0 Å². The molecule has 0 radical (unpaired) electrons. The smallest absolute Gasteiger partial charge is 0.00228 e. The maximum atomic E-state index is 2.38. The average Bonchev–Trinajstić information content (AvgIpc) is 3.26. The molecule has 2 heterocycles. The predicted molar refractivity (Wildman–Crippen MR) is 108 cm³/mol. The van der Waals surface area contributed by atoms with Crippen LogP contribution in [-0.2, 0) is 0 Å². The standard InChI is InChI=1S/C22H18S2/c1-3-7-21-17(5-1)13-15-23(21)19-9-11-20(12-10-19)24-16-14-18-6-2-4-8-22(18)24/h1-16,23-24H. The summed E-state index contributed by atoms with van der Waals surface area (Å²) < 4.78 is 0. The van der Waals surface area contributed by atoms with Gasteiger partial charge in [0, 0.05) is 9.79 Å². The van der Waals surface area contributed by atoms with Crippen LogP contribution in [-0.4, -0.2) is 0 Å². The van der Waals surface area contributed by atoms with Gasteiger partial charge in [-0.1, -0.05) is 36.4 Å². The molecule has 24 heavy (non-hydrogen) atoms. The van der Waals surface area contributed by atoms with Gasteiger partial charge in [-0.3, -0.25) is 0 Å². The summed E-state index contributed by atoms with van der Waals surface area (Å²) in [4.78, 5) is 5.86. The lowest BCUT2D eigenvalue weighted by molar-refractivity contribution is 1.32. The lowest BCUT2D eigenvalue weighted by Gasteiger charge is -2.19. The van der Waals surface area contributed by atoms with Crippen LogP contribution >= 0.6 is 21.8 Å². The van der Waals surface area contributed by atoms with Crippen LogP contribution in [0.15, 0.2) is 103 Å². The second kappa shape index (κ2) is 5.73. The fraction of sp³-hybridized carbons (Fsp3) is 0. The van der Waals surface area contributed by atoms with Crippen molar-refractivity contribution in [1.29, 1.82) is 0 Å². The van der Waals surface area contributed by atoms with Gasteiger partial charge in [-0.25, -0.2) is 0 Å². The quantitative estimate of drug-likeness (QED) is 0.487. The lowest BCUT2D eigenvalue weighted by Crippen LogP contribution is -1.84. The summed E-state index contributed by atoms with van der Waals surface area (Å²) in [6.45, 7) is 0. The van der Waals surface area contributed by atoms with E-state index in [4.69, 9.17) is 0 Å². The molecule has 0 aliphatic carbocycles. The van der Waals surface area contributed by atoms with Gasteiger partial charge in [0.1, 0.15) is 0 Å². The van der Waals surface area contributed by atoms with Crippen molar-refractivity contribution in [3.8, 4) is 0 Å². The minimum Gasteiger partial charge on any atom is -0.179 e. The van der Waals surface area contributed by atoms with Crippen LogP contribution in [0.4, 0.5) is 0 Å². The summed E-state index contributed by atoms with van der Waals surface area (Å²) in [6, 6.07) is 26.9. The fourth-order valence-corrected chi connectivity index (χ4v) is 7.52. The van der Waals surface area contributed by atoms with E-state index in [0.717, 1.165) is 0 Å². The molecule has 2 aliphatic heterocycles. The van der Waals surface area contributed by atoms with E-state index in [1.807, 2.05) is 0 Å². The zero-order valence-electron chi connectivity index (χ0n) is 13.1. The first-order valence-electron chi connectivity index (χ1n) is 8.13. The van der Waals surface area contributed by atoms with E-state index >= 15 is 0 Å². The van der Waals surface area contributed by atoms with Gasteiger partial charge in [-0.05, 0) is 80.3 Å². The molecule has 2 heteroatoms. The Hall–Kier alpha value is -2.16. The van der Waals surface area contributed by atoms with Gasteiger partial charge >= 0.3 is 0 Å². The second-order valence-electron chi connectivity index (χ2n) is 6.01. The van der Waals surface area contributed by atoms with Crippen LogP contribution in [0.1, 0.15) is 11.1 Å². The monoisotopic (exact) mass is 346 g/mol. The van der Waals surface area contributed by atoms with Crippen LogP contribution in [0.25, 0.3) is 12.2 Å². The van der Waals surface area contributed by atoms with Crippen molar-refractivity contribution in [3.05, 3.63) is 94.7 Å². The molecule has 2 unspecified atom stereocenters. The molecule has 0 spiro atoms. The first-order valence-corrected chi connectivity index (χ1v) is 11.0. The minimum absolute atomic E-state index is 0.325. The third-order valence-corrected chi connectivity index (χ3v) is 9.06. The van der Waals surface area contributed by atoms with Crippen molar-refractivity contribution in [3.63, 3.8) is 0 Å². The Morgan fingerprint density at radius 2 is 0.875 bits per heavy atom. The van der Waals surface area contributed by atoms with Crippen LogP contribution < -0.4 is 0 Å². The Bertz CT molecular complexity index is 887. The van der Waals surface area contributed by atoms with Gasteiger partial charge in [0.2, 0.25) is 0 Å². The van der Waals surface area contributed by atoms with Crippen molar-refractivity contribution in [1.82, 2.24) is 0 Å². The molecule has 0 saturated carbocycles. The Morgan fingerprint density at radius 3 is 1.33 bits per heavy atom. The highest BCUT2D eigenvalue weighted by molar-refractivity contribution is 8.20. The third kappa shape index (κ3) is 2.26. The zero-order valence-corrected chi connectivity index (χ0v) is 14.9. The molecule has 0 saturated heterocycles. The van der Waals surface area contributed by atoms with Gasteiger partial charge in [-0.2, -0.15) is 21.8 Å². The topological polar surface area (TPSA) is 0 Å². The van der Waals surface area contributed by atoms with Crippen LogP contribution in [0.5, 0.6) is 0 Å². The molecule has 118 valence electrons. The number of rotatable bonds is 2. The molecule has 3 aromatic carbocycles. The van der Waals surface area contributed by atoms with Gasteiger partial charge in [0.05, 0.1) is 0 Å². The van der Waals surface area contributed by atoms with E-state index in [-0.39, 0.29) is 21.8 Å². The molecule has 0 aromatic heterocycles. The first-order chi connectivity index (χ1) is 11.9. The fourth-order valence-electron chi connectivity index (χ4n) is 3.39. The molecule has 2 aliphatic rings. The van der Waals surface area contributed by atoms with E-state index in [1.54, 1.807) is 0 Å². The summed E-state index contributed by atoms with van der Waals surface area (Å²) in [7, 11) is -0.649. The van der Waals surface area contributed by atoms with E-state index in [1.165, 1.54) is 30.7 Å². The third-order valence-electron chi connectivity index (χ3n) is 4.60. The molecule has 0 fully saturated rings. The summed E-state index contributed by atoms with van der Waals surface area (Å²) in [5.41, 5.74) is 2.76. The van der Waals surface area contributed by atoms with E-state index in [9.17, 15) is 0 Å². The Kier molecular flexibility index (Phi) is 3.39. The van der Waals surface area contributed by atoms with Crippen molar-refractivity contribution in [2.45, 2.75) is 19.6 Å². The zero-order chi connectivity index (χ0) is 15.9. The maximum Gasteiger partial charge on any atom is 0.00228 e. The predicted octanol–water partition coefficient (Wildman–Crippen LogP) is 6.49. The van der Waals surface area contributed by atoms with E-state index < -0.39 is 0 Å². The Morgan fingerprint density at radius 1 is 0.458 bits per heavy atom. The molecule has 0 bridgehead atoms. The van der Waals surface area contributed by atoms with Gasteiger partial charge in [0.25, 0.3) is 0 Å². The van der Waals surface area contributed by atoms with Gasteiger partial charge in [-0.15, -0.1) is 0 Å². The van der Waals surface area contributed by atoms with Crippen molar-refractivity contribution in [2.75, 3.05) is 0 Å². The Labute approximate surface area is 148 Å². The molecule has 0 nitrogen and oxygen atoms in total. The van der Waals surface area contributed by atoms with Gasteiger partial charge < -0.3 is 0 Å². The largest absolute Gasteiger partial charge is 0.179 e. The minimum atomic E-state index is -0.325. The molecular weight excluding hydrogens is 328 g/mol. The molecule has 5 rings (SSSR count). The normalized spacial score (nSPS) is 23.2. The van der Waals surface area contributed by atoms with E-state index in [0.29, 0.717) is 0 Å². The molecule has 0 N–H and O–H groups in total. The second-order valence-corrected chi connectivity index (χ2v) is 10.1. The molecule has 2 atom stereocenters. The van der Waals surface area contributed by atoms with Crippen molar-refractivity contribution in [2.24, 2.45) is 0 Å².